The maximum Gasteiger partial charge on any atom is 0.332 e. The Morgan fingerprint density at radius 1 is 1.18 bits per heavy atom. The Kier molecular flexibility index (Phi) is 3.77. The fourth-order valence-electron chi connectivity index (χ4n) is 3.30. The maximum absolute atomic E-state index is 11.7. The largest absolute Gasteiger partial charge is 0.348 e. The van der Waals surface area contributed by atoms with E-state index in [1.165, 1.54) is 0 Å². The second-order valence-electron chi connectivity index (χ2n) is 6.73. The molecule has 8 nitrogen and oxygen atoms in total. The molecule has 0 saturated heterocycles. The topological polar surface area (TPSA) is 100 Å². The number of aromatic nitrogens is 2. The minimum atomic E-state index is -0.0220. The van der Waals surface area contributed by atoms with E-state index in [1.54, 1.807) is 11.8 Å². The van der Waals surface area contributed by atoms with Crippen molar-refractivity contribution in [2.24, 2.45) is 10.1 Å². The van der Waals surface area contributed by atoms with Gasteiger partial charge in [0, 0.05) is 35.2 Å². The fraction of sp³-hybridized carbons (Fsp3) is 0.100. The molecule has 3 aromatic rings. The van der Waals surface area contributed by atoms with Gasteiger partial charge in [-0.15, -0.1) is 0 Å². The van der Waals surface area contributed by atoms with Gasteiger partial charge in [0.25, 0.3) is 5.91 Å². The van der Waals surface area contributed by atoms with E-state index in [2.05, 4.69) is 25.7 Å². The predicted molar refractivity (Wildman–Crippen MR) is 105 cm³/mol. The summed E-state index contributed by atoms with van der Waals surface area (Å²) in [6, 6.07) is 13.7. The van der Waals surface area contributed by atoms with Gasteiger partial charge < -0.3 is 9.88 Å². The highest BCUT2D eigenvalue weighted by molar-refractivity contribution is 6.08. The Labute approximate surface area is 161 Å². The highest BCUT2D eigenvalue weighted by Crippen LogP contribution is 2.20. The molecule has 2 aliphatic rings. The van der Waals surface area contributed by atoms with Gasteiger partial charge in [0.2, 0.25) is 5.84 Å². The van der Waals surface area contributed by atoms with Crippen LogP contribution in [0.1, 0.15) is 27.2 Å². The summed E-state index contributed by atoms with van der Waals surface area (Å²) in [5.74, 6) is 1.31. The Morgan fingerprint density at radius 3 is 2.82 bits per heavy atom. The lowest BCUT2D eigenvalue weighted by Gasteiger charge is -2.03. The van der Waals surface area contributed by atoms with Gasteiger partial charge >= 0.3 is 5.96 Å². The van der Waals surface area contributed by atoms with Gasteiger partial charge in [0.05, 0.1) is 12.0 Å². The number of aryl methyl sites for hydroxylation is 1. The molecule has 1 amide bonds. The van der Waals surface area contributed by atoms with E-state index in [-0.39, 0.29) is 5.91 Å². The first-order valence-corrected chi connectivity index (χ1v) is 8.95. The van der Waals surface area contributed by atoms with Crippen LogP contribution in [-0.4, -0.2) is 27.3 Å². The summed E-state index contributed by atoms with van der Waals surface area (Å²) in [5, 5.41) is 10.5. The number of rotatable bonds is 3. The van der Waals surface area contributed by atoms with E-state index >= 15 is 0 Å². The summed E-state index contributed by atoms with van der Waals surface area (Å²) >= 11 is 0. The van der Waals surface area contributed by atoms with Crippen molar-refractivity contribution in [3.8, 4) is 5.69 Å². The van der Waals surface area contributed by atoms with Crippen LogP contribution in [0.3, 0.4) is 0 Å². The quantitative estimate of drug-likeness (QED) is 0.601. The molecule has 0 unspecified atom stereocenters. The Hall–Kier alpha value is -3.78. The van der Waals surface area contributed by atoms with Crippen molar-refractivity contribution in [3.63, 3.8) is 0 Å². The van der Waals surface area contributed by atoms with Crippen LogP contribution in [0.4, 0.5) is 5.69 Å². The number of anilines is 1. The van der Waals surface area contributed by atoms with Crippen LogP contribution in [0.5, 0.6) is 0 Å². The first kappa shape index (κ1) is 16.4. The molecule has 0 bridgehead atoms. The van der Waals surface area contributed by atoms with Crippen LogP contribution in [-0.2, 0) is 6.54 Å². The molecule has 0 fully saturated rings. The zero-order chi connectivity index (χ0) is 19.1. The van der Waals surface area contributed by atoms with Gasteiger partial charge in [-0.3, -0.25) is 10.1 Å². The smallest absolute Gasteiger partial charge is 0.332 e. The van der Waals surface area contributed by atoms with E-state index in [0.717, 1.165) is 33.8 Å². The number of guanidine groups is 1. The summed E-state index contributed by atoms with van der Waals surface area (Å²) in [4.78, 5) is 20.5. The molecule has 138 valence electrons. The molecule has 0 spiro atoms. The molecule has 0 saturated carbocycles. The molecular weight excluding hydrogens is 354 g/mol. The van der Waals surface area contributed by atoms with Crippen LogP contribution in [0.25, 0.3) is 5.69 Å². The molecule has 2 aliphatic heterocycles. The second kappa shape index (κ2) is 6.43. The lowest BCUT2D eigenvalue weighted by atomic mass is 10.1. The van der Waals surface area contributed by atoms with Crippen LogP contribution in [0.15, 0.2) is 65.1 Å². The number of nitrogens with one attached hydrogen (secondary N) is 2. The summed E-state index contributed by atoms with van der Waals surface area (Å²) in [5.41, 5.74) is 7.26. The Morgan fingerprint density at radius 2 is 2.04 bits per heavy atom. The number of hydrogen-bond acceptors (Lipinski definition) is 5. The highest BCUT2D eigenvalue weighted by atomic mass is 16.1. The monoisotopic (exact) mass is 372 g/mol. The lowest BCUT2D eigenvalue weighted by Crippen LogP contribution is -2.82. The zero-order valence-corrected chi connectivity index (χ0v) is 15.2. The van der Waals surface area contributed by atoms with E-state index in [1.807, 2.05) is 60.2 Å². The number of aliphatic imine (C=N–C) groups is 1. The van der Waals surface area contributed by atoms with Crippen molar-refractivity contribution in [1.29, 1.82) is 0 Å². The van der Waals surface area contributed by atoms with Gasteiger partial charge in [-0.1, -0.05) is 5.10 Å². The molecule has 0 atom stereocenters. The van der Waals surface area contributed by atoms with Crippen LogP contribution < -0.4 is 16.1 Å². The van der Waals surface area contributed by atoms with E-state index in [0.29, 0.717) is 18.3 Å². The number of quaternary nitrogens is 1. The zero-order valence-electron chi connectivity index (χ0n) is 15.2. The van der Waals surface area contributed by atoms with Crippen LogP contribution in [0, 0.1) is 6.92 Å². The SMILES string of the molecule is Cc1cn(-c2ccc(C3=N[NH2+]C(Nc4ccc5c(c4)CNC5=O)=N3)cc2)cn1. The van der Waals surface area contributed by atoms with Crippen LogP contribution in [0.2, 0.25) is 0 Å². The number of hydrogen-bond donors (Lipinski definition) is 3. The number of imidazole rings is 1. The standard InChI is InChI=1S/C20H17N7O/c1-12-10-27(11-22-12)16-5-2-13(3-6-16)18-24-20(26-25-18)23-15-4-7-17-14(8-15)9-21-19(17)28/h2-8,10-11H,9H2,1H3,(H,21,28)(H2,23,24,25,26)/p+1. The molecule has 2 aromatic carbocycles. The third kappa shape index (κ3) is 2.95. The van der Waals surface area contributed by atoms with E-state index in [9.17, 15) is 4.79 Å². The predicted octanol–water partition coefficient (Wildman–Crippen LogP) is 1.13. The van der Waals surface area contributed by atoms with Gasteiger partial charge in [0.1, 0.15) is 0 Å². The number of benzene rings is 2. The van der Waals surface area contributed by atoms with Crippen molar-refractivity contribution < 1.29 is 10.2 Å². The Balaban J connectivity index is 1.31. The second-order valence-corrected chi connectivity index (χ2v) is 6.73. The summed E-state index contributed by atoms with van der Waals surface area (Å²) in [6.07, 6.45) is 3.78. The highest BCUT2D eigenvalue weighted by Gasteiger charge is 2.21. The first-order chi connectivity index (χ1) is 13.7. The lowest BCUT2D eigenvalue weighted by molar-refractivity contribution is -0.541. The van der Waals surface area contributed by atoms with Gasteiger partial charge in [-0.25, -0.2) is 4.98 Å². The summed E-state index contributed by atoms with van der Waals surface area (Å²) < 4.78 is 1.98. The van der Waals surface area contributed by atoms with Gasteiger partial charge in [-0.05, 0) is 55.0 Å². The number of amidine groups is 1. The minimum Gasteiger partial charge on any atom is -0.348 e. The van der Waals surface area contributed by atoms with Crippen molar-refractivity contribution in [2.45, 2.75) is 13.5 Å². The molecule has 4 N–H and O–H groups in total. The number of amides is 1. The Bertz CT molecular complexity index is 1140. The molecule has 5 rings (SSSR count). The maximum atomic E-state index is 11.7. The number of fused-ring (bicyclic) bond motifs is 1. The fourth-order valence-corrected chi connectivity index (χ4v) is 3.30. The minimum absolute atomic E-state index is 0.0220. The van der Waals surface area contributed by atoms with Crippen LogP contribution >= 0.6 is 0 Å². The molecular formula is C20H18N7O+. The molecule has 8 heteroatoms. The van der Waals surface area contributed by atoms with Crippen molar-refractivity contribution in [2.75, 3.05) is 5.32 Å². The normalized spacial score (nSPS) is 15.1. The average molecular weight is 372 g/mol. The molecule has 28 heavy (non-hydrogen) atoms. The number of carbonyl (C=O) groups is 1. The molecule has 3 heterocycles. The van der Waals surface area contributed by atoms with Gasteiger partial charge in [0.15, 0.2) is 0 Å². The van der Waals surface area contributed by atoms with E-state index in [4.69, 9.17) is 0 Å². The van der Waals surface area contributed by atoms with E-state index < -0.39 is 0 Å². The first-order valence-electron chi connectivity index (χ1n) is 8.95. The molecule has 1 aromatic heterocycles. The molecule has 0 radical (unpaired) electrons. The summed E-state index contributed by atoms with van der Waals surface area (Å²) in [6.45, 7) is 2.52. The number of nitrogens with two attached hydrogens (primary N) is 1. The average Bonchev–Trinajstić information content (AvgIpc) is 3.43. The summed E-state index contributed by atoms with van der Waals surface area (Å²) in [7, 11) is 0. The van der Waals surface area contributed by atoms with Crippen molar-refractivity contribution >= 4 is 23.4 Å². The third-order valence-corrected chi connectivity index (χ3v) is 4.73. The van der Waals surface area contributed by atoms with Gasteiger partial charge in [-0.2, -0.15) is 10.4 Å². The number of carbonyl (C=O) groups excluding carboxylic acids is 1. The van der Waals surface area contributed by atoms with Crippen molar-refractivity contribution in [1.82, 2.24) is 14.9 Å². The van der Waals surface area contributed by atoms with Crippen molar-refractivity contribution in [3.05, 3.63) is 77.4 Å². The third-order valence-electron chi connectivity index (χ3n) is 4.73. The number of nitrogens with zero attached hydrogens (tertiary/aromatic N) is 4. The molecule has 0 aliphatic carbocycles.